The highest BCUT2D eigenvalue weighted by atomic mass is 127. The van der Waals surface area contributed by atoms with Crippen LogP contribution in [0.25, 0.3) is 0 Å². The maximum atomic E-state index is 4.31. The van der Waals surface area contributed by atoms with Gasteiger partial charge in [-0.3, -0.25) is 4.99 Å². The van der Waals surface area contributed by atoms with Crippen LogP contribution in [0.2, 0.25) is 0 Å². The fourth-order valence-electron chi connectivity index (χ4n) is 3.21. The van der Waals surface area contributed by atoms with Gasteiger partial charge in [0.15, 0.2) is 5.96 Å². The lowest BCUT2D eigenvalue weighted by molar-refractivity contribution is 0.232. The van der Waals surface area contributed by atoms with Gasteiger partial charge in [0, 0.05) is 26.7 Å². The van der Waals surface area contributed by atoms with E-state index in [-0.39, 0.29) is 24.0 Å². The van der Waals surface area contributed by atoms with Crippen LogP contribution in [0.15, 0.2) is 16.6 Å². The van der Waals surface area contributed by atoms with Gasteiger partial charge in [0.25, 0.3) is 0 Å². The molecule has 0 aromatic carbocycles. The van der Waals surface area contributed by atoms with Gasteiger partial charge in [-0.15, -0.1) is 24.0 Å². The van der Waals surface area contributed by atoms with Crippen LogP contribution in [-0.2, 0) is 0 Å². The molecular weight excluding hydrogens is 387 g/mol. The molecule has 1 heterocycles. The van der Waals surface area contributed by atoms with Crippen molar-refractivity contribution >= 4 is 29.9 Å². The number of hydrogen-bond donors (Lipinski definition) is 2. The second-order valence-electron chi connectivity index (χ2n) is 6.19. The first-order valence-corrected chi connectivity index (χ1v) is 8.73. The monoisotopic (exact) mass is 420 g/mol. The van der Waals surface area contributed by atoms with Crippen LogP contribution in [-0.4, -0.2) is 50.6 Å². The van der Waals surface area contributed by atoms with E-state index in [1.54, 1.807) is 5.57 Å². The van der Waals surface area contributed by atoms with Crippen LogP contribution < -0.4 is 10.6 Å². The molecule has 128 valence electrons. The van der Waals surface area contributed by atoms with Gasteiger partial charge in [-0.2, -0.15) is 0 Å². The van der Waals surface area contributed by atoms with E-state index >= 15 is 0 Å². The van der Waals surface area contributed by atoms with E-state index in [1.807, 2.05) is 7.05 Å². The van der Waals surface area contributed by atoms with Gasteiger partial charge in [0.2, 0.25) is 0 Å². The Morgan fingerprint density at radius 1 is 1.09 bits per heavy atom. The topological polar surface area (TPSA) is 39.7 Å². The van der Waals surface area contributed by atoms with Gasteiger partial charge >= 0.3 is 0 Å². The van der Waals surface area contributed by atoms with Crippen LogP contribution in [0.3, 0.4) is 0 Å². The Bertz CT molecular complexity index is 349. The third-order valence-corrected chi connectivity index (χ3v) is 4.52. The van der Waals surface area contributed by atoms with Crippen LogP contribution >= 0.6 is 24.0 Å². The molecule has 0 saturated carbocycles. The van der Waals surface area contributed by atoms with E-state index in [1.165, 1.54) is 58.0 Å². The summed E-state index contributed by atoms with van der Waals surface area (Å²) in [6, 6.07) is 0. The molecule has 0 unspecified atom stereocenters. The van der Waals surface area contributed by atoms with E-state index in [4.69, 9.17) is 0 Å². The van der Waals surface area contributed by atoms with Crippen LogP contribution in [0.1, 0.15) is 51.4 Å². The quantitative estimate of drug-likeness (QED) is 0.300. The standard InChI is InChI=1S/C17H32N4.HI/c1-18-17(19-11-10-16-8-4-2-5-9-16)20-12-15-21-13-6-3-7-14-21;/h8H,2-7,9-15H2,1H3,(H2,18,19,20);1H. The normalized spacial score (nSPS) is 20.0. The zero-order chi connectivity index (χ0) is 14.8. The second-order valence-corrected chi connectivity index (χ2v) is 6.19. The summed E-state index contributed by atoms with van der Waals surface area (Å²) < 4.78 is 0. The van der Waals surface area contributed by atoms with Crippen molar-refractivity contribution in [2.24, 2.45) is 4.99 Å². The molecule has 0 aromatic rings. The van der Waals surface area contributed by atoms with Gasteiger partial charge in [-0.1, -0.05) is 18.1 Å². The fourth-order valence-corrected chi connectivity index (χ4v) is 3.21. The third-order valence-electron chi connectivity index (χ3n) is 4.52. The molecule has 4 nitrogen and oxygen atoms in total. The van der Waals surface area contributed by atoms with Gasteiger partial charge in [-0.05, 0) is 58.0 Å². The zero-order valence-electron chi connectivity index (χ0n) is 14.1. The predicted molar refractivity (Wildman–Crippen MR) is 106 cm³/mol. The summed E-state index contributed by atoms with van der Waals surface area (Å²) in [5.74, 6) is 0.948. The average molecular weight is 420 g/mol. The van der Waals surface area contributed by atoms with Crippen molar-refractivity contribution in [3.8, 4) is 0 Å². The summed E-state index contributed by atoms with van der Waals surface area (Å²) in [5, 5.41) is 6.87. The number of allylic oxidation sites excluding steroid dienone is 1. The number of aliphatic imine (C=N–C) groups is 1. The Morgan fingerprint density at radius 3 is 2.55 bits per heavy atom. The van der Waals surface area contributed by atoms with Crippen LogP contribution in [0.5, 0.6) is 0 Å². The van der Waals surface area contributed by atoms with Gasteiger partial charge < -0.3 is 15.5 Å². The molecule has 1 fully saturated rings. The van der Waals surface area contributed by atoms with Crippen LogP contribution in [0.4, 0.5) is 0 Å². The van der Waals surface area contributed by atoms with Gasteiger partial charge in [0.05, 0.1) is 0 Å². The minimum Gasteiger partial charge on any atom is -0.356 e. The summed E-state index contributed by atoms with van der Waals surface area (Å²) in [5.41, 5.74) is 1.62. The Morgan fingerprint density at radius 2 is 1.86 bits per heavy atom. The minimum absolute atomic E-state index is 0. The van der Waals surface area contributed by atoms with Gasteiger partial charge in [0.1, 0.15) is 0 Å². The number of hydrogen-bond acceptors (Lipinski definition) is 2. The van der Waals surface area contributed by atoms with E-state index in [0.29, 0.717) is 0 Å². The van der Waals surface area contributed by atoms with Gasteiger partial charge in [-0.25, -0.2) is 0 Å². The first-order chi connectivity index (χ1) is 10.4. The number of guanidine groups is 1. The molecule has 2 N–H and O–H groups in total. The first kappa shape index (κ1) is 19.7. The van der Waals surface area contributed by atoms with Crippen molar-refractivity contribution < 1.29 is 0 Å². The number of rotatable bonds is 6. The van der Waals surface area contributed by atoms with E-state index in [0.717, 1.165) is 32.0 Å². The molecule has 1 aliphatic heterocycles. The van der Waals surface area contributed by atoms with Crippen molar-refractivity contribution in [3.05, 3.63) is 11.6 Å². The Kier molecular flexibility index (Phi) is 10.9. The summed E-state index contributed by atoms with van der Waals surface area (Å²) in [6.45, 7) is 5.65. The van der Waals surface area contributed by atoms with E-state index in [2.05, 4.69) is 26.6 Å². The number of halogens is 1. The summed E-state index contributed by atoms with van der Waals surface area (Å²) in [7, 11) is 1.86. The molecule has 5 heteroatoms. The summed E-state index contributed by atoms with van der Waals surface area (Å²) >= 11 is 0. The highest BCUT2D eigenvalue weighted by Crippen LogP contribution is 2.19. The third kappa shape index (κ3) is 7.81. The molecule has 0 spiro atoms. The van der Waals surface area contributed by atoms with Crippen molar-refractivity contribution in [2.45, 2.75) is 51.4 Å². The highest BCUT2D eigenvalue weighted by molar-refractivity contribution is 14.0. The highest BCUT2D eigenvalue weighted by Gasteiger charge is 2.09. The SMILES string of the molecule is CN=C(NCCC1=CCCCC1)NCCN1CCCCC1.I. The summed E-state index contributed by atoms with van der Waals surface area (Å²) in [6.07, 6.45) is 13.0. The molecule has 0 amide bonds. The number of nitrogens with one attached hydrogen (secondary N) is 2. The Hall–Kier alpha value is -0.300. The molecule has 2 rings (SSSR count). The lowest BCUT2D eigenvalue weighted by Crippen LogP contribution is -2.42. The maximum absolute atomic E-state index is 4.31. The molecular formula is C17H33IN4. The zero-order valence-corrected chi connectivity index (χ0v) is 16.4. The molecule has 1 aliphatic carbocycles. The van der Waals surface area contributed by atoms with Crippen molar-refractivity contribution in [3.63, 3.8) is 0 Å². The summed E-state index contributed by atoms with van der Waals surface area (Å²) in [4.78, 5) is 6.86. The predicted octanol–water partition coefficient (Wildman–Crippen LogP) is 3.15. The van der Waals surface area contributed by atoms with Crippen molar-refractivity contribution in [1.29, 1.82) is 0 Å². The number of nitrogens with zero attached hydrogens (tertiary/aromatic N) is 2. The second kappa shape index (κ2) is 12.2. The Labute approximate surface area is 153 Å². The average Bonchev–Trinajstić information content (AvgIpc) is 2.55. The molecule has 22 heavy (non-hydrogen) atoms. The van der Waals surface area contributed by atoms with E-state index in [9.17, 15) is 0 Å². The Balaban J connectivity index is 0.00000242. The molecule has 2 aliphatic rings. The largest absolute Gasteiger partial charge is 0.356 e. The van der Waals surface area contributed by atoms with Crippen molar-refractivity contribution in [2.75, 3.05) is 39.8 Å². The van der Waals surface area contributed by atoms with Crippen molar-refractivity contribution in [1.82, 2.24) is 15.5 Å². The van der Waals surface area contributed by atoms with Crippen LogP contribution in [0, 0.1) is 0 Å². The molecule has 0 aromatic heterocycles. The molecule has 1 saturated heterocycles. The lowest BCUT2D eigenvalue weighted by Gasteiger charge is -2.26. The fraction of sp³-hybridized carbons (Fsp3) is 0.824. The smallest absolute Gasteiger partial charge is 0.191 e. The maximum Gasteiger partial charge on any atom is 0.191 e. The number of likely N-dealkylation sites (tertiary alicyclic amines) is 1. The number of piperidine rings is 1. The first-order valence-electron chi connectivity index (χ1n) is 8.73. The molecule has 0 radical (unpaired) electrons. The molecule has 0 bridgehead atoms. The minimum atomic E-state index is 0. The molecule has 0 atom stereocenters. The van der Waals surface area contributed by atoms with E-state index < -0.39 is 0 Å². The lowest BCUT2D eigenvalue weighted by atomic mass is 9.97.